The van der Waals surface area contributed by atoms with Gasteiger partial charge in [-0.15, -0.1) is 10.2 Å². The molecule has 3 aromatic heterocycles. The molecule has 0 fully saturated rings. The Kier molecular flexibility index (Phi) is 7.90. The van der Waals surface area contributed by atoms with E-state index >= 15 is 0 Å². The molecular formula is C30H32N6O6. The topological polar surface area (TPSA) is 151 Å². The van der Waals surface area contributed by atoms with Gasteiger partial charge in [0.2, 0.25) is 5.82 Å². The molecule has 0 atom stereocenters. The highest BCUT2D eigenvalue weighted by atomic mass is 16.6. The Morgan fingerprint density at radius 2 is 1.79 bits per heavy atom. The lowest BCUT2D eigenvalue weighted by molar-refractivity contribution is 0.0395. The molecule has 0 spiro atoms. The molecule has 2 aromatic carbocycles. The number of carbonyl (C=O) groups excluding carboxylic acids is 1. The number of aromatic nitrogens is 6. The molecule has 12 nitrogen and oxygen atoms in total. The van der Waals surface area contributed by atoms with Crippen molar-refractivity contribution >= 4 is 5.97 Å². The van der Waals surface area contributed by atoms with Crippen LogP contribution in [-0.4, -0.2) is 40.8 Å². The summed E-state index contributed by atoms with van der Waals surface area (Å²) in [5.74, 6) is -0.0435. The number of hydrogen-bond acceptors (Lipinski definition) is 10. The van der Waals surface area contributed by atoms with Crippen LogP contribution in [0, 0.1) is 6.92 Å². The average molecular weight is 573 g/mol. The maximum Gasteiger partial charge on any atom is 0.519 e. The van der Waals surface area contributed by atoms with Gasteiger partial charge in [0.15, 0.2) is 23.8 Å². The monoisotopic (exact) mass is 572 g/mol. The van der Waals surface area contributed by atoms with Gasteiger partial charge in [-0.05, 0) is 49.1 Å². The van der Waals surface area contributed by atoms with Crippen LogP contribution in [0.4, 0.5) is 0 Å². The molecule has 0 aliphatic carbocycles. The van der Waals surface area contributed by atoms with Crippen molar-refractivity contribution in [2.75, 3.05) is 0 Å². The second-order valence-electron chi connectivity index (χ2n) is 10.5. The third kappa shape index (κ3) is 5.93. The number of aliphatic hydroxyl groups is 1. The zero-order valence-corrected chi connectivity index (χ0v) is 24.1. The molecule has 12 heteroatoms. The van der Waals surface area contributed by atoms with Gasteiger partial charge in [-0.1, -0.05) is 55.5 Å². The Hall–Kier alpha value is -4.84. The molecule has 0 saturated heterocycles. The van der Waals surface area contributed by atoms with Gasteiger partial charge in [0.05, 0.1) is 7.05 Å². The van der Waals surface area contributed by atoms with E-state index in [-0.39, 0.29) is 29.5 Å². The van der Waals surface area contributed by atoms with E-state index in [9.17, 15) is 14.7 Å². The molecule has 0 bridgehead atoms. The highest BCUT2D eigenvalue weighted by Gasteiger charge is 2.33. The van der Waals surface area contributed by atoms with Crippen LogP contribution in [0.1, 0.15) is 66.3 Å². The fourth-order valence-electron chi connectivity index (χ4n) is 4.72. The number of tetrazole rings is 1. The second-order valence-corrected chi connectivity index (χ2v) is 10.5. The fraction of sp³-hybridized carbons (Fsp3) is 0.333. The first-order valence-corrected chi connectivity index (χ1v) is 13.6. The number of benzene rings is 2. The zero-order valence-electron chi connectivity index (χ0n) is 24.1. The maximum absolute atomic E-state index is 13.5. The SMILES string of the molecule is CCCc1nc(C(C)(C)O)c(C(=O)OCc2oc(=O)oc2C)n1Cc1ccc(-c2ccccc2-c2nnn(C)n2)cc1. The summed E-state index contributed by atoms with van der Waals surface area (Å²) >= 11 is 0. The van der Waals surface area contributed by atoms with Crippen LogP contribution in [0.5, 0.6) is 0 Å². The van der Waals surface area contributed by atoms with Crippen molar-refractivity contribution < 1.29 is 23.5 Å². The number of carbonyl (C=O) groups is 1. The van der Waals surface area contributed by atoms with Crippen molar-refractivity contribution in [1.82, 2.24) is 29.8 Å². The molecule has 218 valence electrons. The maximum atomic E-state index is 13.5. The summed E-state index contributed by atoms with van der Waals surface area (Å²) in [6, 6.07) is 15.8. The van der Waals surface area contributed by atoms with Gasteiger partial charge in [-0.2, -0.15) is 4.80 Å². The Morgan fingerprint density at radius 3 is 2.38 bits per heavy atom. The smallest absolute Gasteiger partial charge is 0.453 e. The van der Waals surface area contributed by atoms with Crippen molar-refractivity contribution in [3.8, 4) is 22.5 Å². The Labute approximate surface area is 241 Å². The number of nitrogens with zero attached hydrogens (tertiary/aromatic N) is 6. The van der Waals surface area contributed by atoms with E-state index in [0.717, 1.165) is 28.7 Å². The van der Waals surface area contributed by atoms with Crippen LogP contribution in [0.25, 0.3) is 22.5 Å². The normalized spacial score (nSPS) is 11.7. The summed E-state index contributed by atoms with van der Waals surface area (Å²) in [4.78, 5) is 31.0. The van der Waals surface area contributed by atoms with E-state index in [1.54, 1.807) is 32.4 Å². The standard InChI is InChI=1S/C30H32N6O6/c1-6-9-24-31-26(30(3,4)39)25(28(37)40-17-23-18(2)41-29(38)42-23)36(24)16-19-12-14-20(15-13-19)21-10-7-8-11-22(21)27-32-34-35(5)33-27/h7-8,10-15,39H,6,9,16-17H2,1-5H3. The number of aryl methyl sites for hydroxylation is 3. The molecule has 1 N–H and O–H groups in total. The first-order chi connectivity index (χ1) is 20.0. The van der Waals surface area contributed by atoms with Crippen molar-refractivity contribution in [1.29, 1.82) is 0 Å². The van der Waals surface area contributed by atoms with E-state index in [1.807, 2.05) is 55.5 Å². The van der Waals surface area contributed by atoms with Crippen molar-refractivity contribution in [2.45, 2.75) is 59.3 Å². The van der Waals surface area contributed by atoms with Crippen LogP contribution >= 0.6 is 0 Å². The molecule has 0 unspecified atom stereocenters. The van der Waals surface area contributed by atoms with E-state index in [4.69, 9.17) is 13.6 Å². The first-order valence-electron chi connectivity index (χ1n) is 13.6. The van der Waals surface area contributed by atoms with Gasteiger partial charge in [0.25, 0.3) is 0 Å². The summed E-state index contributed by atoms with van der Waals surface area (Å²) in [5, 5.41) is 23.4. The predicted octanol–water partition coefficient (Wildman–Crippen LogP) is 4.18. The molecule has 0 amide bonds. The van der Waals surface area contributed by atoms with Crippen molar-refractivity contribution in [3.63, 3.8) is 0 Å². The molecule has 0 aliphatic heterocycles. The van der Waals surface area contributed by atoms with Crippen LogP contribution < -0.4 is 5.82 Å². The van der Waals surface area contributed by atoms with E-state index in [2.05, 4.69) is 20.4 Å². The second kappa shape index (κ2) is 11.6. The van der Waals surface area contributed by atoms with E-state index in [1.165, 1.54) is 4.80 Å². The minimum Gasteiger partial charge on any atom is -0.453 e. The number of hydrogen-bond donors (Lipinski definition) is 1. The Morgan fingerprint density at radius 1 is 1.07 bits per heavy atom. The third-order valence-electron chi connectivity index (χ3n) is 6.75. The lowest BCUT2D eigenvalue weighted by atomic mass is 9.98. The van der Waals surface area contributed by atoms with Gasteiger partial charge in [-0.3, -0.25) is 0 Å². The highest BCUT2D eigenvalue weighted by Crippen LogP contribution is 2.31. The molecule has 0 saturated carbocycles. The van der Waals surface area contributed by atoms with Gasteiger partial charge in [0.1, 0.15) is 17.1 Å². The number of rotatable bonds is 10. The molecule has 5 aromatic rings. The summed E-state index contributed by atoms with van der Waals surface area (Å²) in [5.41, 5.74) is 2.64. The summed E-state index contributed by atoms with van der Waals surface area (Å²) < 4.78 is 17.1. The van der Waals surface area contributed by atoms with Gasteiger partial charge < -0.3 is 23.2 Å². The number of esters is 1. The fourth-order valence-corrected chi connectivity index (χ4v) is 4.72. The first kappa shape index (κ1) is 28.7. The average Bonchev–Trinajstić information content (AvgIpc) is 3.64. The molecule has 0 radical (unpaired) electrons. The van der Waals surface area contributed by atoms with Gasteiger partial charge in [0, 0.05) is 18.5 Å². The lowest BCUT2D eigenvalue weighted by Gasteiger charge is -2.17. The van der Waals surface area contributed by atoms with Crippen molar-refractivity contribution in [2.24, 2.45) is 7.05 Å². The van der Waals surface area contributed by atoms with Crippen LogP contribution in [-0.2, 0) is 37.0 Å². The van der Waals surface area contributed by atoms with Crippen molar-refractivity contribution in [3.05, 3.63) is 93.4 Å². The Bertz CT molecular complexity index is 1770. The molecule has 42 heavy (non-hydrogen) atoms. The van der Waals surface area contributed by atoms with E-state index < -0.39 is 17.4 Å². The molecular weight excluding hydrogens is 540 g/mol. The minimum atomic E-state index is -1.41. The van der Waals surface area contributed by atoms with Crippen LogP contribution in [0.15, 0.2) is 62.2 Å². The zero-order chi connectivity index (χ0) is 30.0. The minimum absolute atomic E-state index is 0.116. The van der Waals surface area contributed by atoms with Gasteiger partial charge in [-0.25, -0.2) is 14.6 Å². The quantitative estimate of drug-likeness (QED) is 0.241. The summed E-state index contributed by atoms with van der Waals surface area (Å²) in [6.45, 7) is 6.73. The predicted molar refractivity (Wildman–Crippen MR) is 151 cm³/mol. The third-order valence-corrected chi connectivity index (χ3v) is 6.75. The van der Waals surface area contributed by atoms with Crippen LogP contribution in [0.3, 0.4) is 0 Å². The summed E-state index contributed by atoms with van der Waals surface area (Å²) in [6.07, 6.45) is 1.37. The molecule has 0 aliphatic rings. The number of imidazole rings is 1. The summed E-state index contributed by atoms with van der Waals surface area (Å²) in [7, 11) is 1.72. The highest BCUT2D eigenvalue weighted by molar-refractivity contribution is 5.89. The largest absolute Gasteiger partial charge is 0.519 e. The molecule has 5 rings (SSSR count). The van der Waals surface area contributed by atoms with Gasteiger partial charge >= 0.3 is 11.8 Å². The number of ether oxygens (including phenoxy) is 1. The van der Waals surface area contributed by atoms with E-state index in [0.29, 0.717) is 24.6 Å². The molecule has 3 heterocycles. The Balaban J connectivity index is 1.48. The van der Waals surface area contributed by atoms with Crippen LogP contribution in [0.2, 0.25) is 0 Å². The lowest BCUT2D eigenvalue weighted by Crippen LogP contribution is -2.23.